The Hall–Kier alpha value is -2.20. The van der Waals surface area contributed by atoms with E-state index in [0.29, 0.717) is 30.4 Å². The van der Waals surface area contributed by atoms with Gasteiger partial charge in [0.15, 0.2) is 5.13 Å². The van der Waals surface area contributed by atoms with E-state index < -0.39 is 18.1 Å². The van der Waals surface area contributed by atoms with Crippen LogP contribution in [-0.2, 0) is 27.2 Å². The van der Waals surface area contributed by atoms with Crippen molar-refractivity contribution in [2.24, 2.45) is 5.92 Å². The molecule has 1 saturated heterocycles. The topological polar surface area (TPSA) is 138 Å². The quantitative estimate of drug-likeness (QED) is 0.447. The minimum atomic E-state index is -0.979. The zero-order chi connectivity index (χ0) is 23.4. The van der Waals surface area contributed by atoms with Crippen LogP contribution in [0.5, 0.6) is 0 Å². The Labute approximate surface area is 198 Å². The van der Waals surface area contributed by atoms with Gasteiger partial charge in [-0.05, 0) is 38.0 Å². The van der Waals surface area contributed by atoms with E-state index in [4.69, 9.17) is 10.8 Å². The number of carbonyl (C=O) groups is 3. The molecule has 0 bridgehead atoms. The molecule has 2 amide bonds. The lowest BCUT2D eigenvalue weighted by Gasteiger charge is -2.32. The number of carboxylic acid groups (broad SMARTS) is 1. The zero-order valence-corrected chi connectivity index (χ0v) is 19.9. The van der Waals surface area contributed by atoms with E-state index in [0.717, 1.165) is 61.9 Å². The number of thiazole rings is 1. The lowest BCUT2D eigenvalue weighted by atomic mass is 9.84. The molecule has 9 nitrogen and oxygen atoms in total. The molecule has 2 aliphatic carbocycles. The summed E-state index contributed by atoms with van der Waals surface area (Å²) < 4.78 is 0. The lowest BCUT2D eigenvalue weighted by Crippen LogP contribution is -2.55. The van der Waals surface area contributed by atoms with Gasteiger partial charge in [-0.1, -0.05) is 32.1 Å². The highest BCUT2D eigenvalue weighted by Crippen LogP contribution is 2.30. The van der Waals surface area contributed by atoms with Crippen LogP contribution < -0.4 is 16.4 Å². The van der Waals surface area contributed by atoms with Crippen molar-refractivity contribution >= 4 is 34.3 Å². The van der Waals surface area contributed by atoms with Crippen LogP contribution >= 0.6 is 11.3 Å². The van der Waals surface area contributed by atoms with Gasteiger partial charge in [0.05, 0.1) is 18.3 Å². The van der Waals surface area contributed by atoms with Crippen molar-refractivity contribution in [2.75, 3.05) is 18.8 Å². The van der Waals surface area contributed by atoms with Crippen LogP contribution in [0, 0.1) is 5.92 Å². The third-order valence-corrected chi connectivity index (χ3v) is 8.18. The van der Waals surface area contributed by atoms with Gasteiger partial charge in [-0.25, -0.2) is 4.98 Å². The number of hydrogen-bond acceptors (Lipinski definition) is 7. The molecule has 2 fully saturated rings. The molecule has 3 unspecified atom stereocenters. The van der Waals surface area contributed by atoms with E-state index in [9.17, 15) is 14.4 Å². The maximum atomic E-state index is 13.5. The number of carboxylic acids is 1. The van der Waals surface area contributed by atoms with E-state index in [1.54, 1.807) is 4.90 Å². The van der Waals surface area contributed by atoms with Crippen LogP contribution in [0.3, 0.4) is 0 Å². The van der Waals surface area contributed by atoms with Gasteiger partial charge in [-0.3, -0.25) is 19.7 Å². The number of hydrogen-bond donors (Lipinski definition) is 4. The van der Waals surface area contributed by atoms with Gasteiger partial charge in [-0.15, -0.1) is 11.3 Å². The summed E-state index contributed by atoms with van der Waals surface area (Å²) in [5.41, 5.74) is 6.87. The molecular formula is C23H35N5O4S. The SMILES string of the molecule is Nc1nc2c(s1)CC(NC(=O)C1CCCN1C(=O)C(CC1CCCCC1)NCC(=O)O)CC2. The lowest BCUT2D eigenvalue weighted by molar-refractivity contribution is -0.141. The fourth-order valence-electron chi connectivity index (χ4n) is 5.56. The number of nitrogens with zero attached hydrogens (tertiary/aromatic N) is 2. The molecule has 1 saturated carbocycles. The highest BCUT2D eigenvalue weighted by Gasteiger charge is 2.39. The number of fused-ring (bicyclic) bond motifs is 1. The van der Waals surface area contributed by atoms with E-state index in [1.165, 1.54) is 17.8 Å². The van der Waals surface area contributed by atoms with Gasteiger partial charge in [-0.2, -0.15) is 0 Å². The summed E-state index contributed by atoms with van der Waals surface area (Å²) in [7, 11) is 0. The Balaban J connectivity index is 1.38. The number of aromatic nitrogens is 1. The summed E-state index contributed by atoms with van der Waals surface area (Å²) >= 11 is 1.48. The summed E-state index contributed by atoms with van der Waals surface area (Å²) in [5.74, 6) is -0.804. The summed E-state index contributed by atoms with van der Waals surface area (Å²) in [6, 6.07) is -1.04. The molecule has 5 N–H and O–H groups in total. The van der Waals surface area contributed by atoms with Gasteiger partial charge >= 0.3 is 5.97 Å². The molecular weight excluding hydrogens is 442 g/mol. The van der Waals surface area contributed by atoms with Gasteiger partial charge < -0.3 is 21.1 Å². The predicted molar refractivity (Wildman–Crippen MR) is 126 cm³/mol. The number of nitrogens with one attached hydrogen (secondary N) is 2. The van der Waals surface area contributed by atoms with Gasteiger partial charge in [0.25, 0.3) is 0 Å². The first kappa shape index (κ1) is 23.9. The van der Waals surface area contributed by atoms with Crippen molar-refractivity contribution in [2.45, 2.75) is 88.8 Å². The van der Waals surface area contributed by atoms with Crippen molar-refractivity contribution in [1.82, 2.24) is 20.5 Å². The van der Waals surface area contributed by atoms with Crippen molar-refractivity contribution in [1.29, 1.82) is 0 Å². The van der Waals surface area contributed by atoms with E-state index in [2.05, 4.69) is 15.6 Å². The van der Waals surface area contributed by atoms with E-state index in [-0.39, 0.29) is 24.4 Å². The Bertz CT molecular complexity index is 869. The highest BCUT2D eigenvalue weighted by molar-refractivity contribution is 7.15. The first-order valence-electron chi connectivity index (χ1n) is 12.2. The Morgan fingerprint density at radius 2 is 1.94 bits per heavy atom. The minimum Gasteiger partial charge on any atom is -0.480 e. The summed E-state index contributed by atoms with van der Waals surface area (Å²) in [6.07, 6.45) is 10.1. The Kier molecular flexibility index (Phi) is 7.85. The average Bonchev–Trinajstić information content (AvgIpc) is 3.42. The molecule has 10 heteroatoms. The van der Waals surface area contributed by atoms with E-state index >= 15 is 0 Å². The molecule has 0 radical (unpaired) electrons. The average molecular weight is 478 g/mol. The first-order valence-corrected chi connectivity index (χ1v) is 13.0. The standard InChI is InChI=1S/C23H35N5O4S/c24-23-27-16-9-8-15(12-19(16)33-23)26-21(31)18-7-4-10-28(18)22(32)17(25-13-20(29)30)11-14-5-2-1-3-6-14/h14-15,17-18,25H,1-13H2,(H2,24,27)(H,26,31)(H,29,30). The maximum absolute atomic E-state index is 13.5. The molecule has 0 spiro atoms. The highest BCUT2D eigenvalue weighted by atomic mass is 32.1. The van der Waals surface area contributed by atoms with Crippen LogP contribution in [0.4, 0.5) is 5.13 Å². The monoisotopic (exact) mass is 477 g/mol. The molecule has 3 aliphatic rings. The number of nitrogens with two attached hydrogens (primary N) is 1. The van der Waals surface area contributed by atoms with E-state index in [1.807, 2.05) is 0 Å². The van der Waals surface area contributed by atoms with Crippen LogP contribution in [-0.4, -0.2) is 64.0 Å². The second-order valence-electron chi connectivity index (χ2n) is 9.63. The molecule has 182 valence electrons. The number of rotatable bonds is 8. The molecule has 3 atom stereocenters. The molecule has 2 heterocycles. The summed E-state index contributed by atoms with van der Waals surface area (Å²) in [6.45, 7) is 0.281. The number of nitrogen functional groups attached to an aromatic ring is 1. The van der Waals surface area contributed by atoms with Gasteiger partial charge in [0.2, 0.25) is 11.8 Å². The van der Waals surface area contributed by atoms with Crippen LogP contribution in [0.25, 0.3) is 0 Å². The molecule has 0 aromatic carbocycles. The minimum absolute atomic E-state index is 0.0190. The molecule has 33 heavy (non-hydrogen) atoms. The van der Waals surface area contributed by atoms with Gasteiger partial charge in [0.1, 0.15) is 6.04 Å². The number of anilines is 1. The third kappa shape index (κ3) is 6.03. The van der Waals surface area contributed by atoms with Gasteiger partial charge in [0, 0.05) is 23.9 Å². The normalized spacial score (nSPS) is 24.3. The third-order valence-electron chi connectivity index (χ3n) is 7.23. The summed E-state index contributed by atoms with van der Waals surface area (Å²) in [5, 5.41) is 15.8. The second kappa shape index (κ2) is 10.8. The van der Waals surface area contributed by atoms with Crippen molar-refractivity contribution in [3.8, 4) is 0 Å². The Morgan fingerprint density at radius 1 is 1.15 bits per heavy atom. The molecule has 1 aromatic rings. The molecule has 4 rings (SSSR count). The number of likely N-dealkylation sites (tertiary alicyclic amines) is 1. The molecule has 1 aliphatic heterocycles. The number of aryl methyl sites for hydroxylation is 1. The van der Waals surface area contributed by atoms with Crippen molar-refractivity contribution in [3.63, 3.8) is 0 Å². The van der Waals surface area contributed by atoms with Crippen LogP contribution in [0.1, 0.15) is 68.4 Å². The fraction of sp³-hybridized carbons (Fsp3) is 0.739. The second-order valence-corrected chi connectivity index (χ2v) is 10.7. The number of amides is 2. The Morgan fingerprint density at radius 3 is 2.70 bits per heavy atom. The van der Waals surface area contributed by atoms with Crippen molar-refractivity contribution < 1.29 is 19.5 Å². The first-order chi connectivity index (χ1) is 15.9. The van der Waals surface area contributed by atoms with Crippen LogP contribution in [0.2, 0.25) is 0 Å². The van der Waals surface area contributed by atoms with Crippen LogP contribution in [0.15, 0.2) is 0 Å². The fourth-order valence-corrected chi connectivity index (χ4v) is 6.52. The number of carbonyl (C=O) groups excluding carboxylic acids is 2. The zero-order valence-electron chi connectivity index (χ0n) is 19.1. The predicted octanol–water partition coefficient (Wildman–Crippen LogP) is 1.70. The van der Waals surface area contributed by atoms with Crippen molar-refractivity contribution in [3.05, 3.63) is 10.6 Å². The maximum Gasteiger partial charge on any atom is 0.317 e. The smallest absolute Gasteiger partial charge is 0.317 e. The summed E-state index contributed by atoms with van der Waals surface area (Å²) in [4.78, 5) is 45.0. The number of aliphatic carboxylic acids is 1. The largest absolute Gasteiger partial charge is 0.480 e. The molecule has 1 aromatic heterocycles.